The van der Waals surface area contributed by atoms with Gasteiger partial charge in [-0.05, 0) is 31.5 Å². The summed E-state index contributed by atoms with van der Waals surface area (Å²) in [7, 11) is 0. The standard InChI is InChI=1S/C21H33N3O4/c1-3-23(4-2)19-10-12-24(13-11-19)20(26)14-18(15-25)22-21(27)28-16-17-8-6-5-7-9-17/h5-9,18-19,25H,3-4,10-16H2,1-2H3,(H,22,27). The van der Waals surface area contributed by atoms with Crippen LogP contribution in [0.2, 0.25) is 0 Å². The van der Waals surface area contributed by atoms with Gasteiger partial charge in [-0.25, -0.2) is 4.79 Å². The van der Waals surface area contributed by atoms with E-state index >= 15 is 0 Å². The van der Waals surface area contributed by atoms with E-state index in [0.717, 1.165) is 44.6 Å². The number of carbonyl (C=O) groups excluding carboxylic acids is 2. The summed E-state index contributed by atoms with van der Waals surface area (Å²) < 4.78 is 5.16. The predicted molar refractivity (Wildman–Crippen MR) is 108 cm³/mol. The molecule has 0 spiro atoms. The van der Waals surface area contributed by atoms with Crippen molar-refractivity contribution in [3.63, 3.8) is 0 Å². The van der Waals surface area contributed by atoms with Crippen molar-refractivity contribution < 1.29 is 19.4 Å². The maximum atomic E-state index is 12.6. The van der Waals surface area contributed by atoms with Gasteiger partial charge in [0.15, 0.2) is 0 Å². The van der Waals surface area contributed by atoms with Crippen molar-refractivity contribution >= 4 is 12.0 Å². The van der Waals surface area contributed by atoms with Gasteiger partial charge >= 0.3 is 6.09 Å². The fourth-order valence-electron chi connectivity index (χ4n) is 3.65. The van der Waals surface area contributed by atoms with E-state index in [0.29, 0.717) is 6.04 Å². The molecule has 1 fully saturated rings. The Morgan fingerprint density at radius 2 is 1.86 bits per heavy atom. The summed E-state index contributed by atoms with van der Waals surface area (Å²) in [6.07, 6.45) is 1.37. The van der Waals surface area contributed by atoms with Gasteiger partial charge in [-0.2, -0.15) is 0 Å². The summed E-state index contributed by atoms with van der Waals surface area (Å²) in [5.74, 6) is -0.0413. The molecule has 0 saturated carbocycles. The van der Waals surface area contributed by atoms with E-state index in [9.17, 15) is 14.7 Å². The molecule has 28 heavy (non-hydrogen) atoms. The SMILES string of the molecule is CCN(CC)C1CCN(C(=O)CC(CO)NC(=O)OCc2ccccc2)CC1. The highest BCUT2D eigenvalue weighted by Gasteiger charge is 2.27. The van der Waals surface area contributed by atoms with Gasteiger partial charge in [-0.1, -0.05) is 44.2 Å². The Morgan fingerprint density at radius 1 is 1.21 bits per heavy atom. The van der Waals surface area contributed by atoms with E-state index in [4.69, 9.17) is 4.74 Å². The minimum atomic E-state index is -0.642. The van der Waals surface area contributed by atoms with Crippen LogP contribution in [0.1, 0.15) is 38.7 Å². The fraction of sp³-hybridized carbons (Fsp3) is 0.619. The first-order chi connectivity index (χ1) is 13.6. The van der Waals surface area contributed by atoms with Crippen LogP contribution in [0.3, 0.4) is 0 Å². The second-order valence-corrected chi connectivity index (χ2v) is 7.12. The summed E-state index contributed by atoms with van der Waals surface area (Å²) in [6.45, 7) is 7.66. The Balaban J connectivity index is 1.74. The lowest BCUT2D eigenvalue weighted by Gasteiger charge is -2.38. The smallest absolute Gasteiger partial charge is 0.407 e. The van der Waals surface area contributed by atoms with Crippen LogP contribution in [-0.4, -0.2) is 71.8 Å². The highest BCUT2D eigenvalue weighted by molar-refractivity contribution is 5.78. The van der Waals surface area contributed by atoms with Crippen LogP contribution in [0.15, 0.2) is 30.3 Å². The number of aliphatic hydroxyl groups excluding tert-OH is 1. The number of ether oxygens (including phenoxy) is 1. The molecule has 1 unspecified atom stereocenters. The summed E-state index contributed by atoms with van der Waals surface area (Å²) in [4.78, 5) is 28.8. The van der Waals surface area contributed by atoms with Crippen molar-refractivity contribution in [1.29, 1.82) is 0 Å². The Kier molecular flexibility index (Phi) is 9.23. The van der Waals surface area contributed by atoms with Gasteiger partial charge in [-0.15, -0.1) is 0 Å². The summed E-state index contributed by atoms with van der Waals surface area (Å²) in [5.41, 5.74) is 0.880. The van der Waals surface area contributed by atoms with Crippen molar-refractivity contribution in [2.45, 2.75) is 51.8 Å². The maximum absolute atomic E-state index is 12.6. The molecule has 2 amide bonds. The van der Waals surface area contributed by atoms with Crippen LogP contribution < -0.4 is 5.32 Å². The summed E-state index contributed by atoms with van der Waals surface area (Å²) >= 11 is 0. The molecule has 1 saturated heterocycles. The first-order valence-corrected chi connectivity index (χ1v) is 10.2. The number of nitrogens with zero attached hydrogens (tertiary/aromatic N) is 2. The number of likely N-dealkylation sites (tertiary alicyclic amines) is 1. The summed E-state index contributed by atoms with van der Waals surface area (Å²) in [5, 5.41) is 12.1. The molecule has 0 bridgehead atoms. The number of benzene rings is 1. The average Bonchev–Trinajstić information content (AvgIpc) is 2.73. The Bertz CT molecular complexity index is 599. The molecule has 1 aliphatic rings. The van der Waals surface area contributed by atoms with Crippen LogP contribution in [0.4, 0.5) is 4.79 Å². The zero-order valence-electron chi connectivity index (χ0n) is 17.0. The highest BCUT2D eigenvalue weighted by atomic mass is 16.5. The average molecular weight is 392 g/mol. The summed E-state index contributed by atoms with van der Waals surface area (Å²) in [6, 6.07) is 9.24. The second-order valence-electron chi connectivity index (χ2n) is 7.12. The topological polar surface area (TPSA) is 82.1 Å². The monoisotopic (exact) mass is 391 g/mol. The zero-order valence-corrected chi connectivity index (χ0v) is 17.0. The third-order valence-corrected chi connectivity index (χ3v) is 5.32. The number of aliphatic hydroxyl groups is 1. The first-order valence-electron chi connectivity index (χ1n) is 10.2. The van der Waals surface area contributed by atoms with Gasteiger partial charge in [0.1, 0.15) is 6.61 Å². The quantitative estimate of drug-likeness (QED) is 0.673. The van der Waals surface area contributed by atoms with Crippen LogP contribution >= 0.6 is 0 Å². The first kappa shape index (κ1) is 22.2. The third-order valence-electron chi connectivity index (χ3n) is 5.32. The molecule has 0 radical (unpaired) electrons. The predicted octanol–water partition coefficient (Wildman–Crippen LogP) is 2.00. The van der Waals surface area contributed by atoms with Crippen molar-refractivity contribution in [1.82, 2.24) is 15.1 Å². The van der Waals surface area contributed by atoms with Gasteiger partial charge in [0.2, 0.25) is 5.91 Å². The highest BCUT2D eigenvalue weighted by Crippen LogP contribution is 2.17. The number of piperidine rings is 1. The second kappa shape index (κ2) is 11.7. The number of alkyl carbamates (subject to hydrolysis) is 1. The molecule has 156 valence electrons. The zero-order chi connectivity index (χ0) is 20.4. The minimum absolute atomic E-state index is 0.0413. The fourth-order valence-corrected chi connectivity index (χ4v) is 3.65. The number of hydrogen-bond acceptors (Lipinski definition) is 5. The van der Waals surface area contributed by atoms with Crippen molar-refractivity contribution in [2.24, 2.45) is 0 Å². The van der Waals surface area contributed by atoms with E-state index in [1.165, 1.54) is 0 Å². The molecule has 1 aliphatic heterocycles. The van der Waals surface area contributed by atoms with Crippen LogP contribution in [0.5, 0.6) is 0 Å². The molecule has 7 nitrogen and oxygen atoms in total. The molecule has 2 rings (SSSR count). The minimum Gasteiger partial charge on any atom is -0.445 e. The number of rotatable bonds is 9. The van der Waals surface area contributed by atoms with E-state index in [2.05, 4.69) is 24.1 Å². The Labute approximate surface area is 167 Å². The molecule has 0 aromatic heterocycles. The third kappa shape index (κ3) is 6.80. The molecule has 1 aromatic rings. The van der Waals surface area contributed by atoms with Gasteiger partial charge in [-0.3, -0.25) is 4.79 Å². The number of amides is 2. The van der Waals surface area contributed by atoms with Crippen molar-refractivity contribution in [3.05, 3.63) is 35.9 Å². The molecular formula is C21H33N3O4. The molecule has 1 atom stereocenters. The normalized spacial score (nSPS) is 16.1. The van der Waals surface area contributed by atoms with E-state index in [1.807, 2.05) is 35.2 Å². The molecule has 7 heteroatoms. The van der Waals surface area contributed by atoms with Gasteiger partial charge < -0.3 is 25.0 Å². The molecular weight excluding hydrogens is 358 g/mol. The van der Waals surface area contributed by atoms with Crippen LogP contribution in [0, 0.1) is 0 Å². The van der Waals surface area contributed by atoms with Crippen molar-refractivity contribution in [3.8, 4) is 0 Å². The van der Waals surface area contributed by atoms with E-state index < -0.39 is 12.1 Å². The lowest BCUT2D eigenvalue weighted by atomic mass is 10.0. The van der Waals surface area contributed by atoms with Crippen LogP contribution in [-0.2, 0) is 16.1 Å². The largest absolute Gasteiger partial charge is 0.445 e. The van der Waals surface area contributed by atoms with E-state index in [-0.39, 0.29) is 25.5 Å². The lowest BCUT2D eigenvalue weighted by molar-refractivity contribution is -0.133. The molecule has 1 heterocycles. The lowest BCUT2D eigenvalue weighted by Crippen LogP contribution is -2.48. The van der Waals surface area contributed by atoms with E-state index in [1.54, 1.807) is 0 Å². The van der Waals surface area contributed by atoms with Gasteiger partial charge in [0.25, 0.3) is 0 Å². The maximum Gasteiger partial charge on any atom is 0.407 e. The Hall–Kier alpha value is -2.12. The number of nitrogens with one attached hydrogen (secondary N) is 1. The van der Waals surface area contributed by atoms with Gasteiger partial charge in [0, 0.05) is 25.6 Å². The van der Waals surface area contributed by atoms with Crippen LogP contribution in [0.25, 0.3) is 0 Å². The molecule has 1 aromatic carbocycles. The molecule has 2 N–H and O–H groups in total. The molecule has 0 aliphatic carbocycles. The number of hydrogen-bond donors (Lipinski definition) is 2. The Morgan fingerprint density at radius 3 is 2.43 bits per heavy atom. The van der Waals surface area contributed by atoms with Gasteiger partial charge in [0.05, 0.1) is 12.6 Å². The van der Waals surface area contributed by atoms with Crippen molar-refractivity contribution in [2.75, 3.05) is 32.8 Å². The number of carbonyl (C=O) groups is 2.